The Balaban J connectivity index is 2.50. The lowest BCUT2D eigenvalue weighted by molar-refractivity contribution is -0.141. The van der Waals surface area contributed by atoms with Crippen molar-refractivity contribution in [1.82, 2.24) is 0 Å². The van der Waals surface area contributed by atoms with Crippen LogP contribution in [-0.2, 0) is 19.6 Å². The van der Waals surface area contributed by atoms with E-state index < -0.39 is 16.0 Å². The zero-order chi connectivity index (χ0) is 17.7. The molecule has 7 heteroatoms. The molecule has 0 saturated carbocycles. The van der Waals surface area contributed by atoms with Gasteiger partial charge in [0.1, 0.15) is 6.54 Å². The summed E-state index contributed by atoms with van der Waals surface area (Å²) in [6, 6.07) is 13.3. The molecule has 24 heavy (non-hydrogen) atoms. The molecule has 0 saturated heterocycles. The van der Waals surface area contributed by atoms with Crippen LogP contribution in [0.15, 0.2) is 57.9 Å². The van der Waals surface area contributed by atoms with Gasteiger partial charge in [-0.15, -0.1) is 0 Å². The number of carbonyl (C=O) groups excluding carboxylic acids is 1. The van der Waals surface area contributed by atoms with Gasteiger partial charge in [-0.1, -0.05) is 34.1 Å². The average molecular weight is 412 g/mol. The first kappa shape index (κ1) is 18.5. The Kier molecular flexibility index (Phi) is 6.01. The van der Waals surface area contributed by atoms with Crippen molar-refractivity contribution in [3.63, 3.8) is 0 Å². The zero-order valence-corrected chi connectivity index (χ0v) is 15.8. The summed E-state index contributed by atoms with van der Waals surface area (Å²) in [4.78, 5) is 12.0. The first-order chi connectivity index (χ1) is 11.4. The molecule has 2 rings (SSSR count). The van der Waals surface area contributed by atoms with E-state index in [1.165, 1.54) is 12.1 Å². The highest BCUT2D eigenvalue weighted by atomic mass is 79.9. The molecule has 0 aliphatic rings. The summed E-state index contributed by atoms with van der Waals surface area (Å²) < 4.78 is 32.9. The molecular weight excluding hydrogens is 394 g/mol. The predicted molar refractivity (Wildman–Crippen MR) is 96.5 cm³/mol. The molecule has 128 valence electrons. The summed E-state index contributed by atoms with van der Waals surface area (Å²) in [6.07, 6.45) is 0. The van der Waals surface area contributed by atoms with Crippen LogP contribution in [-0.4, -0.2) is 27.5 Å². The second kappa shape index (κ2) is 7.81. The number of anilines is 1. The van der Waals surface area contributed by atoms with Crippen LogP contribution < -0.4 is 4.31 Å². The fraction of sp³-hybridized carbons (Fsp3) is 0.235. The predicted octanol–water partition coefficient (Wildman–Crippen LogP) is 3.52. The fourth-order valence-corrected chi connectivity index (χ4v) is 3.94. The number of hydrogen-bond donors (Lipinski definition) is 0. The minimum absolute atomic E-state index is 0.109. The molecule has 5 nitrogen and oxygen atoms in total. The molecule has 0 radical (unpaired) electrons. The SMILES string of the molecule is CCOC(=O)CN(c1ccccc1C)S(=O)(=O)c1ccc(Br)cc1. The van der Waals surface area contributed by atoms with Gasteiger partial charge in [0, 0.05) is 4.47 Å². The van der Waals surface area contributed by atoms with E-state index in [1.807, 2.05) is 6.07 Å². The van der Waals surface area contributed by atoms with E-state index in [0.29, 0.717) is 5.69 Å². The lowest BCUT2D eigenvalue weighted by atomic mass is 10.2. The Morgan fingerprint density at radius 3 is 2.33 bits per heavy atom. The van der Waals surface area contributed by atoms with Crippen LogP contribution >= 0.6 is 15.9 Å². The maximum Gasteiger partial charge on any atom is 0.326 e. The monoisotopic (exact) mass is 411 g/mol. The number of esters is 1. The van der Waals surface area contributed by atoms with Gasteiger partial charge in [0.2, 0.25) is 0 Å². The minimum Gasteiger partial charge on any atom is -0.465 e. The number of ether oxygens (including phenoxy) is 1. The van der Waals surface area contributed by atoms with Crippen molar-refractivity contribution in [1.29, 1.82) is 0 Å². The second-order valence-corrected chi connectivity index (χ2v) is 7.84. The van der Waals surface area contributed by atoms with Crippen molar-refractivity contribution in [2.45, 2.75) is 18.7 Å². The number of nitrogens with zero attached hydrogens (tertiary/aromatic N) is 1. The molecule has 0 unspecified atom stereocenters. The van der Waals surface area contributed by atoms with Crippen molar-refractivity contribution in [3.8, 4) is 0 Å². The molecule has 0 N–H and O–H groups in total. The quantitative estimate of drug-likeness (QED) is 0.682. The number of halogens is 1. The van der Waals surface area contributed by atoms with Gasteiger partial charge in [-0.05, 0) is 49.7 Å². The van der Waals surface area contributed by atoms with Crippen molar-refractivity contribution in [3.05, 3.63) is 58.6 Å². The molecule has 0 heterocycles. The highest BCUT2D eigenvalue weighted by Gasteiger charge is 2.28. The first-order valence-electron chi connectivity index (χ1n) is 7.36. The van der Waals surface area contributed by atoms with Crippen molar-refractivity contribution < 1.29 is 17.9 Å². The van der Waals surface area contributed by atoms with Gasteiger partial charge in [-0.2, -0.15) is 0 Å². The van der Waals surface area contributed by atoms with Crippen LogP contribution in [0, 0.1) is 6.92 Å². The third kappa shape index (κ3) is 4.15. The highest BCUT2D eigenvalue weighted by molar-refractivity contribution is 9.10. The van der Waals surface area contributed by atoms with E-state index >= 15 is 0 Å². The Hall–Kier alpha value is -1.86. The van der Waals surface area contributed by atoms with Crippen LogP contribution in [0.1, 0.15) is 12.5 Å². The smallest absolute Gasteiger partial charge is 0.326 e. The number of sulfonamides is 1. The van der Waals surface area contributed by atoms with Gasteiger partial charge in [-0.25, -0.2) is 8.42 Å². The van der Waals surface area contributed by atoms with Crippen molar-refractivity contribution >= 4 is 37.6 Å². The normalized spacial score (nSPS) is 11.1. The van der Waals surface area contributed by atoms with Gasteiger partial charge in [-0.3, -0.25) is 9.10 Å². The lowest BCUT2D eigenvalue weighted by Gasteiger charge is -2.25. The number of carbonyl (C=O) groups is 1. The van der Waals surface area contributed by atoms with Crippen LogP contribution in [0.2, 0.25) is 0 Å². The number of rotatable bonds is 6. The molecule has 0 spiro atoms. The van der Waals surface area contributed by atoms with Crippen LogP contribution in [0.3, 0.4) is 0 Å². The lowest BCUT2D eigenvalue weighted by Crippen LogP contribution is -2.37. The van der Waals surface area contributed by atoms with E-state index in [4.69, 9.17) is 4.74 Å². The topological polar surface area (TPSA) is 63.7 Å². The Bertz CT molecular complexity index is 819. The van der Waals surface area contributed by atoms with Crippen LogP contribution in [0.4, 0.5) is 5.69 Å². The van der Waals surface area contributed by atoms with E-state index in [-0.39, 0.29) is 18.0 Å². The number of para-hydroxylation sites is 1. The Morgan fingerprint density at radius 1 is 1.12 bits per heavy atom. The summed E-state index contributed by atoms with van der Waals surface area (Å²) in [5.74, 6) is -0.596. The Morgan fingerprint density at radius 2 is 1.75 bits per heavy atom. The van der Waals surface area contributed by atoms with Crippen molar-refractivity contribution in [2.75, 3.05) is 17.5 Å². The summed E-state index contributed by atoms with van der Waals surface area (Å²) in [7, 11) is -3.90. The number of hydrogen-bond acceptors (Lipinski definition) is 4. The molecule has 0 fully saturated rings. The first-order valence-corrected chi connectivity index (χ1v) is 9.59. The van der Waals surface area contributed by atoms with Gasteiger partial charge >= 0.3 is 5.97 Å². The Labute approximate surface area is 150 Å². The fourth-order valence-electron chi connectivity index (χ4n) is 2.20. The number of aryl methyl sites for hydroxylation is 1. The third-order valence-corrected chi connectivity index (χ3v) is 5.67. The van der Waals surface area contributed by atoms with E-state index in [1.54, 1.807) is 44.2 Å². The summed E-state index contributed by atoms with van der Waals surface area (Å²) in [5.41, 5.74) is 1.20. The van der Waals surface area contributed by atoms with E-state index in [2.05, 4.69) is 15.9 Å². The van der Waals surface area contributed by atoms with Crippen molar-refractivity contribution in [2.24, 2.45) is 0 Å². The molecule has 2 aromatic carbocycles. The molecule has 0 aromatic heterocycles. The van der Waals surface area contributed by atoms with E-state index in [9.17, 15) is 13.2 Å². The van der Waals surface area contributed by atoms with Crippen LogP contribution in [0.25, 0.3) is 0 Å². The molecule has 0 aliphatic heterocycles. The number of benzene rings is 2. The maximum absolute atomic E-state index is 13.0. The molecule has 0 aliphatic carbocycles. The standard InChI is InChI=1S/C17H18BrNO4S/c1-3-23-17(20)12-19(16-7-5-4-6-13(16)2)24(21,22)15-10-8-14(18)9-11-15/h4-11H,3,12H2,1-2H3. The zero-order valence-electron chi connectivity index (χ0n) is 13.4. The average Bonchev–Trinajstić information content (AvgIpc) is 2.54. The molecule has 0 amide bonds. The second-order valence-electron chi connectivity index (χ2n) is 5.06. The largest absolute Gasteiger partial charge is 0.465 e. The van der Waals surface area contributed by atoms with Gasteiger partial charge in [0.25, 0.3) is 10.0 Å². The molecule has 0 atom stereocenters. The van der Waals surface area contributed by atoms with Crippen LogP contribution in [0.5, 0.6) is 0 Å². The summed E-state index contributed by atoms with van der Waals surface area (Å²) in [6.45, 7) is 3.29. The molecular formula is C17H18BrNO4S. The summed E-state index contributed by atoms with van der Waals surface area (Å²) >= 11 is 3.28. The maximum atomic E-state index is 13.0. The third-order valence-electron chi connectivity index (χ3n) is 3.36. The molecule has 0 bridgehead atoms. The van der Waals surface area contributed by atoms with Gasteiger partial charge in [0.05, 0.1) is 17.2 Å². The highest BCUT2D eigenvalue weighted by Crippen LogP contribution is 2.27. The summed E-state index contributed by atoms with van der Waals surface area (Å²) in [5, 5.41) is 0. The van der Waals surface area contributed by atoms with E-state index in [0.717, 1.165) is 14.3 Å². The molecule has 2 aromatic rings. The van der Waals surface area contributed by atoms with Gasteiger partial charge < -0.3 is 4.74 Å². The minimum atomic E-state index is -3.90. The van der Waals surface area contributed by atoms with Gasteiger partial charge in [0.15, 0.2) is 0 Å².